The Hall–Kier alpha value is -2.46. The second kappa shape index (κ2) is 7.52. The quantitative estimate of drug-likeness (QED) is 0.630. The van der Waals surface area contributed by atoms with E-state index in [9.17, 15) is 14.7 Å². The van der Waals surface area contributed by atoms with Gasteiger partial charge in [-0.2, -0.15) is 0 Å². The van der Waals surface area contributed by atoms with Gasteiger partial charge in [0.2, 0.25) is 0 Å². The van der Waals surface area contributed by atoms with Crippen LogP contribution in [0.4, 0.5) is 0 Å². The fourth-order valence-corrected chi connectivity index (χ4v) is 2.14. The number of hydrogen-bond acceptors (Lipinski definition) is 4. The molecule has 4 heteroatoms. The lowest BCUT2D eigenvalue weighted by Gasteiger charge is -2.10. The first-order chi connectivity index (χ1) is 10.6. The van der Waals surface area contributed by atoms with E-state index in [0.29, 0.717) is 16.9 Å². The van der Waals surface area contributed by atoms with Crippen LogP contribution in [-0.2, 0) is 4.79 Å². The average Bonchev–Trinajstić information content (AvgIpc) is 2.55. The van der Waals surface area contributed by atoms with Crippen LogP contribution in [0.5, 0.6) is 5.75 Å². The summed E-state index contributed by atoms with van der Waals surface area (Å²) in [6, 6.07) is 15.5. The van der Waals surface area contributed by atoms with E-state index >= 15 is 0 Å². The minimum atomic E-state index is -0.915. The van der Waals surface area contributed by atoms with Gasteiger partial charge in [0.1, 0.15) is 11.5 Å². The molecule has 2 aromatic rings. The van der Waals surface area contributed by atoms with Crippen molar-refractivity contribution in [1.82, 2.24) is 0 Å². The molecule has 1 unspecified atom stereocenters. The Morgan fingerprint density at radius 2 is 1.68 bits per heavy atom. The molecule has 1 atom stereocenters. The molecule has 0 aliphatic rings. The fourth-order valence-electron chi connectivity index (χ4n) is 2.14. The summed E-state index contributed by atoms with van der Waals surface area (Å²) < 4.78 is 5.04. The summed E-state index contributed by atoms with van der Waals surface area (Å²) in [4.78, 5) is 23.9. The lowest BCUT2D eigenvalue weighted by molar-refractivity contribution is -0.120. The molecule has 1 N–H and O–H groups in total. The summed E-state index contributed by atoms with van der Waals surface area (Å²) in [5.74, 6) is 0.172. The Bertz CT molecular complexity index is 632. The van der Waals surface area contributed by atoms with Crippen LogP contribution in [0.3, 0.4) is 0 Å². The number of benzene rings is 2. The molecule has 0 saturated heterocycles. The SMILES string of the molecule is COc1ccc(C(O)CC(=O)CC(=O)c2ccccc2)cc1. The maximum Gasteiger partial charge on any atom is 0.170 e. The summed E-state index contributed by atoms with van der Waals surface area (Å²) in [5, 5.41) is 10.1. The van der Waals surface area contributed by atoms with E-state index in [-0.39, 0.29) is 24.4 Å². The van der Waals surface area contributed by atoms with E-state index < -0.39 is 6.10 Å². The molecule has 0 saturated carbocycles. The van der Waals surface area contributed by atoms with Gasteiger partial charge in [-0.1, -0.05) is 42.5 Å². The van der Waals surface area contributed by atoms with Crippen LogP contribution in [0, 0.1) is 0 Å². The van der Waals surface area contributed by atoms with Gasteiger partial charge in [-0.25, -0.2) is 0 Å². The molecule has 0 aromatic heterocycles. The zero-order valence-electron chi connectivity index (χ0n) is 12.4. The van der Waals surface area contributed by atoms with Gasteiger partial charge in [0.05, 0.1) is 19.6 Å². The Morgan fingerprint density at radius 1 is 1.05 bits per heavy atom. The third-order valence-corrected chi connectivity index (χ3v) is 3.38. The first-order valence-electron chi connectivity index (χ1n) is 7.02. The van der Waals surface area contributed by atoms with Crippen molar-refractivity contribution in [3.8, 4) is 5.75 Å². The molecule has 114 valence electrons. The molecule has 0 bridgehead atoms. The van der Waals surface area contributed by atoms with E-state index in [1.807, 2.05) is 6.07 Å². The number of hydrogen-bond donors (Lipinski definition) is 1. The molecule has 0 heterocycles. The van der Waals surface area contributed by atoms with Crippen molar-refractivity contribution >= 4 is 11.6 Å². The van der Waals surface area contributed by atoms with Crippen molar-refractivity contribution in [2.45, 2.75) is 18.9 Å². The van der Waals surface area contributed by atoms with Crippen LogP contribution in [0.25, 0.3) is 0 Å². The lowest BCUT2D eigenvalue weighted by Crippen LogP contribution is -2.12. The van der Waals surface area contributed by atoms with Gasteiger partial charge in [-0.3, -0.25) is 9.59 Å². The monoisotopic (exact) mass is 298 g/mol. The maximum atomic E-state index is 11.9. The molecule has 22 heavy (non-hydrogen) atoms. The highest BCUT2D eigenvalue weighted by molar-refractivity contribution is 6.08. The normalized spacial score (nSPS) is 11.7. The number of ketones is 2. The molecule has 0 aliphatic carbocycles. The fraction of sp³-hybridized carbons (Fsp3) is 0.222. The smallest absolute Gasteiger partial charge is 0.170 e. The van der Waals surface area contributed by atoms with Gasteiger partial charge >= 0.3 is 0 Å². The third-order valence-electron chi connectivity index (χ3n) is 3.38. The number of aliphatic hydroxyl groups is 1. The highest BCUT2D eigenvalue weighted by Gasteiger charge is 2.17. The van der Waals surface area contributed by atoms with Crippen LogP contribution < -0.4 is 4.74 Å². The van der Waals surface area contributed by atoms with Gasteiger partial charge in [0.25, 0.3) is 0 Å². The van der Waals surface area contributed by atoms with E-state index in [1.165, 1.54) is 0 Å². The third kappa shape index (κ3) is 4.27. The van der Waals surface area contributed by atoms with Crippen molar-refractivity contribution in [3.63, 3.8) is 0 Å². The highest BCUT2D eigenvalue weighted by Crippen LogP contribution is 2.21. The van der Waals surface area contributed by atoms with Crippen LogP contribution in [0.2, 0.25) is 0 Å². The van der Waals surface area contributed by atoms with Crippen molar-refractivity contribution in [1.29, 1.82) is 0 Å². The Kier molecular flexibility index (Phi) is 5.44. The van der Waals surface area contributed by atoms with E-state index in [1.54, 1.807) is 55.6 Å². The summed E-state index contributed by atoms with van der Waals surface area (Å²) >= 11 is 0. The van der Waals surface area contributed by atoms with E-state index in [0.717, 1.165) is 0 Å². The highest BCUT2D eigenvalue weighted by atomic mass is 16.5. The summed E-state index contributed by atoms with van der Waals surface area (Å²) in [5.41, 5.74) is 1.14. The molecule has 0 radical (unpaired) electrons. The predicted molar refractivity (Wildman–Crippen MR) is 83.0 cm³/mol. The number of carbonyl (C=O) groups is 2. The van der Waals surface area contributed by atoms with Crippen LogP contribution in [0.15, 0.2) is 54.6 Å². The summed E-state index contributed by atoms with van der Waals surface area (Å²) in [6.45, 7) is 0. The average molecular weight is 298 g/mol. The number of ether oxygens (including phenoxy) is 1. The van der Waals surface area contributed by atoms with Crippen molar-refractivity contribution in [2.75, 3.05) is 7.11 Å². The number of aliphatic hydroxyl groups excluding tert-OH is 1. The number of methoxy groups -OCH3 is 1. The molecule has 0 aliphatic heterocycles. The van der Waals surface area contributed by atoms with Gasteiger partial charge in [-0.05, 0) is 17.7 Å². The molecule has 2 rings (SSSR count). The minimum Gasteiger partial charge on any atom is -0.497 e. The molecular formula is C18H18O4. The van der Waals surface area contributed by atoms with Crippen LogP contribution in [0.1, 0.15) is 34.9 Å². The van der Waals surface area contributed by atoms with Gasteiger partial charge in [0.15, 0.2) is 5.78 Å². The largest absolute Gasteiger partial charge is 0.497 e. The Balaban J connectivity index is 1.92. The Morgan fingerprint density at radius 3 is 2.27 bits per heavy atom. The summed E-state index contributed by atoms with van der Waals surface area (Å²) in [6.07, 6.45) is -1.19. The second-order valence-electron chi connectivity index (χ2n) is 5.00. The first-order valence-corrected chi connectivity index (χ1v) is 7.02. The molecule has 2 aromatic carbocycles. The van der Waals surface area contributed by atoms with Crippen molar-refractivity contribution < 1.29 is 19.4 Å². The maximum absolute atomic E-state index is 11.9. The van der Waals surface area contributed by atoms with Crippen LogP contribution >= 0.6 is 0 Å². The summed E-state index contributed by atoms with van der Waals surface area (Å²) in [7, 11) is 1.56. The predicted octanol–water partition coefficient (Wildman–Crippen LogP) is 2.96. The van der Waals surface area contributed by atoms with Crippen molar-refractivity contribution in [3.05, 3.63) is 65.7 Å². The Labute approximate surface area is 129 Å². The number of rotatable bonds is 7. The van der Waals surface area contributed by atoms with Crippen molar-refractivity contribution in [2.24, 2.45) is 0 Å². The standard InChI is InChI=1S/C18H18O4/c1-22-16-9-7-14(8-10-16)18(21)12-15(19)11-17(20)13-5-3-2-4-6-13/h2-10,18,21H,11-12H2,1H3. The zero-order valence-corrected chi connectivity index (χ0v) is 12.4. The zero-order chi connectivity index (χ0) is 15.9. The molecule has 0 spiro atoms. The topological polar surface area (TPSA) is 63.6 Å². The molecule has 0 fully saturated rings. The van der Waals surface area contributed by atoms with E-state index in [2.05, 4.69) is 0 Å². The van der Waals surface area contributed by atoms with Crippen LogP contribution in [-0.4, -0.2) is 23.8 Å². The number of Topliss-reactive ketones (excluding diaryl/α,β-unsaturated/α-hetero) is 2. The van der Waals surface area contributed by atoms with Gasteiger partial charge in [0, 0.05) is 12.0 Å². The van der Waals surface area contributed by atoms with Gasteiger partial charge < -0.3 is 9.84 Å². The second-order valence-corrected chi connectivity index (χ2v) is 5.00. The molecule has 4 nitrogen and oxygen atoms in total. The van der Waals surface area contributed by atoms with E-state index in [4.69, 9.17) is 4.74 Å². The molecule has 0 amide bonds. The molecular weight excluding hydrogens is 280 g/mol. The first kappa shape index (κ1) is 15.9. The van der Waals surface area contributed by atoms with Gasteiger partial charge in [-0.15, -0.1) is 0 Å². The minimum absolute atomic E-state index is 0.0785. The lowest BCUT2D eigenvalue weighted by atomic mass is 9.99. The number of carbonyl (C=O) groups excluding carboxylic acids is 2.